The number of hydrogen-bond donors (Lipinski definition) is 2. The van der Waals surface area contributed by atoms with Crippen LogP contribution in [0.2, 0.25) is 0 Å². The van der Waals surface area contributed by atoms with Gasteiger partial charge in [0.05, 0.1) is 11.1 Å². The molecule has 4 aliphatic rings. The quantitative estimate of drug-likeness (QED) is 0.572. The third-order valence-electron chi connectivity index (χ3n) is 6.54. The molecule has 4 aliphatic carbocycles. The SMILES string of the molecule is O=C(O)/C(CC1=CC2CCC1C2)=C(/CC1=CC2CCC1C2)C(=O)O. The first-order valence-corrected chi connectivity index (χ1v) is 9.11. The number of carboxylic acid groups (broad SMARTS) is 2. The van der Waals surface area contributed by atoms with E-state index in [0.717, 1.165) is 36.8 Å². The molecule has 128 valence electrons. The molecule has 2 saturated carbocycles. The molecule has 0 aromatic rings. The van der Waals surface area contributed by atoms with E-state index >= 15 is 0 Å². The molecule has 4 bridgehead atoms. The summed E-state index contributed by atoms with van der Waals surface area (Å²) in [6, 6.07) is 0. The molecule has 4 atom stereocenters. The lowest BCUT2D eigenvalue weighted by molar-refractivity contribution is -0.136. The molecule has 0 aliphatic heterocycles. The zero-order valence-electron chi connectivity index (χ0n) is 13.8. The highest BCUT2D eigenvalue weighted by atomic mass is 16.4. The van der Waals surface area contributed by atoms with Crippen molar-refractivity contribution in [2.24, 2.45) is 23.7 Å². The molecule has 2 fully saturated rings. The smallest absolute Gasteiger partial charge is 0.332 e. The van der Waals surface area contributed by atoms with Crippen molar-refractivity contribution in [3.8, 4) is 0 Å². The summed E-state index contributed by atoms with van der Waals surface area (Å²) in [7, 11) is 0. The Bertz CT molecular complexity index is 624. The predicted octanol–water partition coefficient (Wildman–Crippen LogP) is 3.95. The molecule has 4 rings (SSSR count). The lowest BCUT2D eigenvalue weighted by Gasteiger charge is -2.18. The Hall–Kier alpha value is -1.84. The summed E-state index contributed by atoms with van der Waals surface area (Å²) in [5.41, 5.74) is 2.52. The van der Waals surface area contributed by atoms with Crippen LogP contribution in [-0.2, 0) is 9.59 Å². The summed E-state index contributed by atoms with van der Waals surface area (Å²) >= 11 is 0. The van der Waals surface area contributed by atoms with Crippen molar-refractivity contribution in [1.29, 1.82) is 0 Å². The van der Waals surface area contributed by atoms with Gasteiger partial charge in [-0.05, 0) is 62.2 Å². The Morgan fingerprint density at radius 3 is 1.46 bits per heavy atom. The van der Waals surface area contributed by atoms with Crippen LogP contribution in [0.15, 0.2) is 34.4 Å². The fraction of sp³-hybridized carbons (Fsp3) is 0.600. The molecule has 0 spiro atoms. The Morgan fingerprint density at radius 1 is 0.792 bits per heavy atom. The summed E-state index contributed by atoms with van der Waals surface area (Å²) in [5, 5.41) is 19.3. The third-order valence-corrected chi connectivity index (χ3v) is 6.54. The predicted molar refractivity (Wildman–Crippen MR) is 89.4 cm³/mol. The van der Waals surface area contributed by atoms with Crippen LogP contribution in [0.5, 0.6) is 0 Å². The van der Waals surface area contributed by atoms with Crippen molar-refractivity contribution in [2.75, 3.05) is 0 Å². The monoisotopic (exact) mass is 328 g/mol. The van der Waals surface area contributed by atoms with Gasteiger partial charge in [-0.25, -0.2) is 9.59 Å². The largest absolute Gasteiger partial charge is 0.478 e. The van der Waals surface area contributed by atoms with Gasteiger partial charge in [0.15, 0.2) is 0 Å². The first-order chi connectivity index (χ1) is 11.5. The van der Waals surface area contributed by atoms with E-state index in [1.807, 2.05) is 0 Å². The van der Waals surface area contributed by atoms with E-state index in [2.05, 4.69) is 12.2 Å². The van der Waals surface area contributed by atoms with Crippen molar-refractivity contribution in [1.82, 2.24) is 0 Å². The van der Waals surface area contributed by atoms with E-state index < -0.39 is 11.9 Å². The second-order valence-electron chi connectivity index (χ2n) is 7.94. The molecule has 4 unspecified atom stereocenters. The maximum Gasteiger partial charge on any atom is 0.332 e. The van der Waals surface area contributed by atoms with E-state index in [1.165, 1.54) is 12.8 Å². The van der Waals surface area contributed by atoms with Crippen molar-refractivity contribution in [2.45, 2.75) is 51.4 Å². The second kappa shape index (κ2) is 5.91. The first-order valence-electron chi connectivity index (χ1n) is 9.11. The molecule has 0 aromatic heterocycles. The molecule has 24 heavy (non-hydrogen) atoms. The number of hydrogen-bond acceptors (Lipinski definition) is 2. The average molecular weight is 328 g/mol. The third kappa shape index (κ3) is 2.72. The molecular weight excluding hydrogens is 304 g/mol. The highest BCUT2D eigenvalue weighted by Crippen LogP contribution is 2.48. The van der Waals surface area contributed by atoms with E-state index in [9.17, 15) is 19.8 Å². The standard InChI is InChI=1S/C20H24O4/c21-19(22)17(9-15-7-11-1-3-13(15)5-11)18(20(23)24)10-16-8-12-2-4-14(16)6-12/h7-8,11-14H,1-6,9-10H2,(H,21,22)(H,23,24)/b18-17-. The fourth-order valence-corrected chi connectivity index (χ4v) is 5.32. The van der Waals surface area contributed by atoms with Gasteiger partial charge < -0.3 is 10.2 Å². The van der Waals surface area contributed by atoms with E-state index in [0.29, 0.717) is 36.5 Å². The van der Waals surface area contributed by atoms with Gasteiger partial charge >= 0.3 is 11.9 Å². The van der Waals surface area contributed by atoms with Crippen molar-refractivity contribution in [3.63, 3.8) is 0 Å². The van der Waals surface area contributed by atoms with Gasteiger partial charge in [-0.1, -0.05) is 23.3 Å². The molecule has 4 nitrogen and oxygen atoms in total. The minimum Gasteiger partial charge on any atom is -0.478 e. The van der Waals surface area contributed by atoms with Crippen LogP contribution in [0, 0.1) is 23.7 Å². The molecule has 0 radical (unpaired) electrons. The van der Waals surface area contributed by atoms with Crippen molar-refractivity contribution in [3.05, 3.63) is 34.4 Å². The highest BCUT2D eigenvalue weighted by molar-refractivity contribution is 5.99. The van der Waals surface area contributed by atoms with E-state index in [1.54, 1.807) is 0 Å². The topological polar surface area (TPSA) is 74.6 Å². The van der Waals surface area contributed by atoms with Crippen LogP contribution in [0.4, 0.5) is 0 Å². The summed E-state index contributed by atoms with van der Waals surface area (Å²) in [6.07, 6.45) is 11.9. The maximum atomic E-state index is 11.8. The van der Waals surface area contributed by atoms with Crippen LogP contribution in [0.25, 0.3) is 0 Å². The number of carbonyl (C=O) groups is 2. The first kappa shape index (κ1) is 15.7. The summed E-state index contributed by atoms with van der Waals surface area (Å²) < 4.78 is 0. The minimum absolute atomic E-state index is 0.102. The number of fused-ring (bicyclic) bond motifs is 4. The van der Waals surface area contributed by atoms with E-state index in [-0.39, 0.29) is 11.1 Å². The Labute approximate surface area is 141 Å². The van der Waals surface area contributed by atoms with E-state index in [4.69, 9.17) is 0 Å². The highest BCUT2D eigenvalue weighted by Gasteiger charge is 2.36. The van der Waals surface area contributed by atoms with Crippen LogP contribution >= 0.6 is 0 Å². The van der Waals surface area contributed by atoms with Crippen LogP contribution in [0.3, 0.4) is 0 Å². The number of aliphatic carboxylic acids is 2. The number of carboxylic acids is 2. The molecule has 2 N–H and O–H groups in total. The van der Waals surface area contributed by atoms with Crippen LogP contribution < -0.4 is 0 Å². The number of rotatable bonds is 6. The van der Waals surface area contributed by atoms with Crippen molar-refractivity contribution >= 4 is 11.9 Å². The normalized spacial score (nSPS) is 34.2. The fourth-order valence-electron chi connectivity index (χ4n) is 5.32. The molecule has 0 saturated heterocycles. The Balaban J connectivity index is 1.61. The summed E-state index contributed by atoms with van der Waals surface area (Å²) in [5.74, 6) is -0.0231. The van der Waals surface area contributed by atoms with Crippen LogP contribution in [0.1, 0.15) is 51.4 Å². The lowest BCUT2D eigenvalue weighted by atomic mass is 9.87. The minimum atomic E-state index is -1.07. The average Bonchev–Trinajstić information content (AvgIpc) is 3.29. The van der Waals surface area contributed by atoms with Gasteiger partial charge in [0, 0.05) is 12.8 Å². The molecular formula is C20H24O4. The van der Waals surface area contributed by atoms with Gasteiger partial charge in [0.25, 0.3) is 0 Å². The van der Waals surface area contributed by atoms with Crippen LogP contribution in [-0.4, -0.2) is 22.2 Å². The van der Waals surface area contributed by atoms with Gasteiger partial charge in [0.2, 0.25) is 0 Å². The van der Waals surface area contributed by atoms with Gasteiger partial charge in [-0.15, -0.1) is 0 Å². The molecule has 0 amide bonds. The Morgan fingerprint density at radius 2 is 1.21 bits per heavy atom. The summed E-state index contributed by atoms with van der Waals surface area (Å²) in [6.45, 7) is 0. The lowest BCUT2D eigenvalue weighted by Crippen LogP contribution is -2.15. The molecule has 0 heterocycles. The zero-order valence-corrected chi connectivity index (χ0v) is 13.8. The molecule has 4 heteroatoms. The molecule has 0 aromatic carbocycles. The second-order valence-corrected chi connectivity index (χ2v) is 7.94. The van der Waals surface area contributed by atoms with Crippen molar-refractivity contribution < 1.29 is 19.8 Å². The Kier molecular flexibility index (Phi) is 3.86. The maximum absolute atomic E-state index is 11.8. The zero-order chi connectivity index (χ0) is 16.8. The van der Waals surface area contributed by atoms with Gasteiger partial charge in [0.1, 0.15) is 0 Å². The van der Waals surface area contributed by atoms with Gasteiger partial charge in [-0.2, -0.15) is 0 Å². The van der Waals surface area contributed by atoms with Gasteiger partial charge in [-0.3, -0.25) is 0 Å². The summed E-state index contributed by atoms with van der Waals surface area (Å²) in [4.78, 5) is 23.6. The number of allylic oxidation sites excluding steroid dienone is 4.